The normalized spacial score (nSPS) is 10.9. The second-order valence-electron chi connectivity index (χ2n) is 3.52. The fraction of sp³-hybridized carbons (Fsp3) is 0.333. The smallest absolute Gasteiger partial charge is 0.417 e. The van der Waals surface area contributed by atoms with Gasteiger partial charge in [-0.05, 0) is 24.6 Å². The highest BCUT2D eigenvalue weighted by atomic mass is 79.9. The molecule has 0 atom stereocenters. The van der Waals surface area contributed by atoms with Crippen molar-refractivity contribution in [3.8, 4) is 6.07 Å². The Kier molecular flexibility index (Phi) is 4.95. The molecule has 0 unspecified atom stereocenters. The maximum atomic E-state index is 12.9. The number of nitrogens with zero attached hydrogens (tertiary/aromatic N) is 1. The summed E-state index contributed by atoms with van der Waals surface area (Å²) in [6.45, 7) is 1.68. The van der Waals surface area contributed by atoms with Gasteiger partial charge in [-0.3, -0.25) is 0 Å². The summed E-state index contributed by atoms with van der Waals surface area (Å²) in [5.41, 5.74) is -1.86. The third-order valence-electron chi connectivity index (χ3n) is 2.28. The lowest BCUT2D eigenvalue weighted by Crippen LogP contribution is -2.14. The highest BCUT2D eigenvalue weighted by Crippen LogP contribution is 2.36. The van der Waals surface area contributed by atoms with Gasteiger partial charge in [-0.2, -0.15) is 18.4 Å². The molecule has 1 rings (SSSR count). The van der Waals surface area contributed by atoms with Crippen LogP contribution in [0.4, 0.5) is 13.2 Å². The minimum Gasteiger partial charge on any atom is -0.462 e. The molecule has 0 aliphatic carbocycles. The maximum Gasteiger partial charge on any atom is 0.417 e. The predicted molar refractivity (Wildman–Crippen MR) is 64.7 cm³/mol. The van der Waals surface area contributed by atoms with Crippen LogP contribution in [0.5, 0.6) is 0 Å². The molecule has 0 fully saturated rings. The molecule has 0 spiro atoms. The van der Waals surface area contributed by atoms with Gasteiger partial charge in [-0.1, -0.05) is 15.9 Å². The molecule has 1 aromatic carbocycles. The monoisotopic (exact) mass is 335 g/mol. The molecule has 0 N–H and O–H groups in total. The van der Waals surface area contributed by atoms with Crippen molar-refractivity contribution in [1.82, 2.24) is 0 Å². The van der Waals surface area contributed by atoms with Gasteiger partial charge in [-0.25, -0.2) is 4.79 Å². The van der Waals surface area contributed by atoms with Crippen molar-refractivity contribution in [2.24, 2.45) is 0 Å². The summed E-state index contributed by atoms with van der Waals surface area (Å²) in [6, 6.07) is 3.44. The summed E-state index contributed by atoms with van der Waals surface area (Å²) >= 11 is 2.92. The Hall–Kier alpha value is -1.55. The average molecular weight is 336 g/mol. The van der Waals surface area contributed by atoms with Gasteiger partial charge < -0.3 is 4.74 Å². The van der Waals surface area contributed by atoms with E-state index in [0.717, 1.165) is 12.1 Å². The van der Waals surface area contributed by atoms with Gasteiger partial charge in [0.25, 0.3) is 0 Å². The van der Waals surface area contributed by atoms with Gasteiger partial charge >= 0.3 is 12.1 Å². The lowest BCUT2D eigenvalue weighted by Gasteiger charge is -2.14. The second kappa shape index (κ2) is 6.06. The van der Waals surface area contributed by atoms with Gasteiger partial charge in [0.05, 0.1) is 29.4 Å². The van der Waals surface area contributed by atoms with E-state index in [4.69, 9.17) is 10.00 Å². The van der Waals surface area contributed by atoms with Crippen LogP contribution in [0.15, 0.2) is 12.1 Å². The van der Waals surface area contributed by atoms with Crippen LogP contribution >= 0.6 is 15.9 Å². The molecule has 0 aliphatic heterocycles. The Morgan fingerprint density at radius 1 is 1.47 bits per heavy atom. The van der Waals surface area contributed by atoms with Crippen LogP contribution in [-0.4, -0.2) is 12.6 Å². The Morgan fingerprint density at radius 2 is 2.11 bits per heavy atom. The van der Waals surface area contributed by atoms with Crippen molar-refractivity contribution in [3.05, 3.63) is 34.4 Å². The van der Waals surface area contributed by atoms with Crippen LogP contribution in [0, 0.1) is 11.3 Å². The molecule has 0 radical (unpaired) electrons. The molecule has 19 heavy (non-hydrogen) atoms. The van der Waals surface area contributed by atoms with Crippen molar-refractivity contribution in [2.45, 2.75) is 18.4 Å². The molecule has 0 saturated heterocycles. The number of alkyl halides is 4. The highest BCUT2D eigenvalue weighted by molar-refractivity contribution is 9.08. The van der Waals surface area contributed by atoms with E-state index in [0.29, 0.717) is 0 Å². The van der Waals surface area contributed by atoms with Gasteiger partial charge in [0.15, 0.2) is 0 Å². The van der Waals surface area contributed by atoms with Gasteiger partial charge in [-0.15, -0.1) is 0 Å². The maximum absolute atomic E-state index is 12.9. The number of ether oxygens (including phenoxy) is 1. The average Bonchev–Trinajstić information content (AvgIpc) is 2.36. The first-order valence-electron chi connectivity index (χ1n) is 5.22. The molecule has 0 heterocycles. The lowest BCUT2D eigenvalue weighted by molar-refractivity contribution is -0.138. The third kappa shape index (κ3) is 3.47. The number of benzene rings is 1. The van der Waals surface area contributed by atoms with Gasteiger partial charge in [0, 0.05) is 5.33 Å². The largest absolute Gasteiger partial charge is 0.462 e. The zero-order valence-electron chi connectivity index (χ0n) is 9.84. The van der Waals surface area contributed by atoms with E-state index >= 15 is 0 Å². The van der Waals surface area contributed by atoms with Crippen molar-refractivity contribution in [3.63, 3.8) is 0 Å². The van der Waals surface area contributed by atoms with Gasteiger partial charge in [0.1, 0.15) is 0 Å². The van der Waals surface area contributed by atoms with E-state index in [1.54, 1.807) is 6.92 Å². The van der Waals surface area contributed by atoms with Crippen LogP contribution < -0.4 is 0 Å². The van der Waals surface area contributed by atoms with Crippen molar-refractivity contribution < 1.29 is 22.7 Å². The summed E-state index contributed by atoms with van der Waals surface area (Å²) in [6.07, 6.45) is -4.65. The number of halogens is 4. The Morgan fingerprint density at radius 3 is 2.53 bits per heavy atom. The van der Waals surface area contributed by atoms with Gasteiger partial charge in [0.2, 0.25) is 0 Å². The van der Waals surface area contributed by atoms with Crippen LogP contribution in [0.3, 0.4) is 0 Å². The molecule has 7 heteroatoms. The summed E-state index contributed by atoms with van der Waals surface area (Å²) in [5.74, 6) is -0.755. The molecular formula is C12H9BrF3NO2. The van der Waals surface area contributed by atoms with E-state index in [2.05, 4.69) is 15.9 Å². The van der Waals surface area contributed by atoms with Crippen molar-refractivity contribution in [2.75, 3.05) is 6.61 Å². The van der Waals surface area contributed by atoms with Crippen molar-refractivity contribution in [1.29, 1.82) is 5.26 Å². The summed E-state index contributed by atoms with van der Waals surface area (Å²) in [5, 5.41) is 8.70. The molecular weight excluding hydrogens is 327 g/mol. The SMILES string of the molecule is CCOC(=O)c1cc(C#N)c(C(F)(F)F)c(CBr)c1. The van der Waals surface area contributed by atoms with E-state index in [1.807, 2.05) is 0 Å². The molecule has 0 amide bonds. The number of rotatable bonds is 3. The summed E-state index contributed by atoms with van der Waals surface area (Å²) in [7, 11) is 0. The number of carbonyl (C=O) groups excluding carboxylic acids is 1. The summed E-state index contributed by atoms with van der Waals surface area (Å²) < 4.78 is 43.3. The minimum atomic E-state index is -4.65. The van der Waals surface area contributed by atoms with E-state index in [1.165, 1.54) is 6.07 Å². The summed E-state index contributed by atoms with van der Waals surface area (Å²) in [4.78, 5) is 11.5. The molecule has 3 nitrogen and oxygen atoms in total. The fourth-order valence-electron chi connectivity index (χ4n) is 1.56. The zero-order chi connectivity index (χ0) is 14.6. The molecule has 0 aliphatic rings. The quantitative estimate of drug-likeness (QED) is 0.625. The second-order valence-corrected chi connectivity index (χ2v) is 4.08. The van der Waals surface area contributed by atoms with Crippen LogP contribution in [0.25, 0.3) is 0 Å². The third-order valence-corrected chi connectivity index (χ3v) is 2.88. The minimum absolute atomic E-state index is 0.0687. The molecule has 102 valence electrons. The topological polar surface area (TPSA) is 50.1 Å². The van der Waals surface area contributed by atoms with E-state index < -0.39 is 23.3 Å². The Labute approximate surface area is 116 Å². The number of nitriles is 1. The number of hydrogen-bond acceptors (Lipinski definition) is 3. The van der Waals surface area contributed by atoms with E-state index in [9.17, 15) is 18.0 Å². The standard InChI is InChI=1S/C12H9BrF3NO2/c1-2-19-11(18)7-3-8(5-13)10(12(14,15)16)9(4-7)6-17/h3-4H,2,5H2,1H3. The molecule has 0 saturated carbocycles. The number of hydrogen-bond donors (Lipinski definition) is 0. The first-order chi connectivity index (χ1) is 8.85. The Bertz CT molecular complexity index is 535. The first kappa shape index (κ1) is 15.5. The molecule has 0 aromatic heterocycles. The lowest BCUT2D eigenvalue weighted by atomic mass is 9.98. The number of carbonyl (C=O) groups is 1. The molecule has 0 bridgehead atoms. The first-order valence-corrected chi connectivity index (χ1v) is 6.34. The van der Waals surface area contributed by atoms with E-state index in [-0.39, 0.29) is 23.1 Å². The highest BCUT2D eigenvalue weighted by Gasteiger charge is 2.36. The van der Waals surface area contributed by atoms with Crippen LogP contribution in [-0.2, 0) is 16.2 Å². The Balaban J connectivity index is 3.46. The van der Waals surface area contributed by atoms with Crippen molar-refractivity contribution >= 4 is 21.9 Å². The van der Waals surface area contributed by atoms with Crippen LogP contribution in [0.2, 0.25) is 0 Å². The fourth-order valence-corrected chi connectivity index (χ4v) is 2.01. The predicted octanol–water partition coefficient (Wildman–Crippen LogP) is 3.65. The molecule has 1 aromatic rings. The van der Waals surface area contributed by atoms with Crippen LogP contribution in [0.1, 0.15) is 34.0 Å². The number of esters is 1. The zero-order valence-corrected chi connectivity index (χ0v) is 11.4.